The van der Waals surface area contributed by atoms with Gasteiger partial charge in [-0.2, -0.15) is 8.42 Å². The fourth-order valence-corrected chi connectivity index (χ4v) is 3.81. The summed E-state index contributed by atoms with van der Waals surface area (Å²) in [7, 11) is 0.0282. The molecule has 6 nitrogen and oxygen atoms in total. The molecule has 0 saturated carbocycles. The monoisotopic (exact) mass is 314 g/mol. The summed E-state index contributed by atoms with van der Waals surface area (Å²) >= 11 is 0. The van der Waals surface area contributed by atoms with Gasteiger partial charge in [0.05, 0.1) is 0 Å². The second-order valence-electron chi connectivity index (χ2n) is 5.93. The quantitative estimate of drug-likeness (QED) is 0.782. The van der Waals surface area contributed by atoms with Crippen LogP contribution in [0.25, 0.3) is 0 Å². The molecule has 0 aliphatic carbocycles. The molecule has 21 heavy (non-hydrogen) atoms. The summed E-state index contributed by atoms with van der Waals surface area (Å²) in [5.41, 5.74) is 0. The van der Waals surface area contributed by atoms with Gasteiger partial charge >= 0.3 is 10.2 Å². The summed E-state index contributed by atoms with van der Waals surface area (Å²) < 4.78 is 32.4. The molecule has 2 aliphatic rings. The highest BCUT2D eigenvalue weighted by Gasteiger charge is 2.18. The zero-order valence-electron chi connectivity index (χ0n) is 13.1. The number of likely N-dealkylation sites (tertiary alicyclic amines) is 2. The number of rotatable bonds is 2. The largest absolute Gasteiger partial charge is 0.366 e. The molecule has 0 N–H and O–H groups in total. The fourth-order valence-electron chi connectivity index (χ4n) is 2.77. The van der Waals surface area contributed by atoms with Crippen LogP contribution in [-0.4, -0.2) is 57.1 Å². The van der Waals surface area contributed by atoms with Crippen LogP contribution < -0.4 is 0 Å². The lowest BCUT2D eigenvalue weighted by Crippen LogP contribution is -2.28. The van der Waals surface area contributed by atoms with Gasteiger partial charge in [-0.25, -0.2) is 0 Å². The predicted molar refractivity (Wildman–Crippen MR) is 86.0 cm³/mol. The zero-order chi connectivity index (χ0) is 15.3. The molecule has 0 radical (unpaired) electrons. The summed E-state index contributed by atoms with van der Waals surface area (Å²) in [5, 5.41) is 0. The molecule has 7 heteroatoms. The Hall–Kier alpha value is -1.11. The van der Waals surface area contributed by atoms with Crippen molar-refractivity contribution in [3.63, 3.8) is 0 Å². The molecule has 0 aromatic rings. The first-order valence-electron chi connectivity index (χ1n) is 7.83. The van der Waals surface area contributed by atoms with Crippen LogP contribution in [0, 0.1) is 0 Å². The Balaban J connectivity index is 2.20. The van der Waals surface area contributed by atoms with Gasteiger partial charge in [-0.05, 0) is 25.7 Å². The highest BCUT2D eigenvalue weighted by molar-refractivity contribution is 7.89. The highest BCUT2D eigenvalue weighted by atomic mass is 32.2. The van der Waals surface area contributed by atoms with Crippen LogP contribution in [0.3, 0.4) is 0 Å². The van der Waals surface area contributed by atoms with Crippen molar-refractivity contribution in [3.8, 4) is 0 Å². The summed E-state index contributed by atoms with van der Waals surface area (Å²) in [5.74, 6) is 1.29. The Morgan fingerprint density at radius 3 is 1.62 bits per heavy atom. The molecule has 2 fully saturated rings. The van der Waals surface area contributed by atoms with E-state index in [2.05, 4.69) is 8.80 Å². The number of hydrogen-bond acceptors (Lipinski definition) is 2. The van der Waals surface area contributed by atoms with E-state index in [-0.39, 0.29) is 0 Å². The van der Waals surface area contributed by atoms with Gasteiger partial charge in [-0.15, -0.1) is 8.80 Å². The van der Waals surface area contributed by atoms with Gasteiger partial charge in [-0.3, -0.25) is 0 Å². The lowest BCUT2D eigenvalue weighted by Gasteiger charge is -2.19. The molecular weight excluding hydrogens is 288 g/mol. The van der Waals surface area contributed by atoms with Gasteiger partial charge in [0, 0.05) is 40.0 Å². The summed E-state index contributed by atoms with van der Waals surface area (Å²) in [6, 6.07) is 0. The van der Waals surface area contributed by atoms with Gasteiger partial charge in [-0.1, -0.05) is 12.8 Å². The first kappa shape index (κ1) is 16.3. The molecule has 0 bridgehead atoms. The van der Waals surface area contributed by atoms with Crippen LogP contribution in [-0.2, 0) is 10.2 Å². The van der Waals surface area contributed by atoms with Crippen molar-refractivity contribution in [2.45, 2.75) is 51.4 Å². The van der Waals surface area contributed by atoms with E-state index in [1.165, 1.54) is 0 Å². The maximum absolute atomic E-state index is 12.3. The predicted octanol–water partition coefficient (Wildman–Crippen LogP) is 2.04. The van der Waals surface area contributed by atoms with E-state index >= 15 is 0 Å². The van der Waals surface area contributed by atoms with Crippen LogP contribution in [0.1, 0.15) is 51.4 Å². The van der Waals surface area contributed by atoms with E-state index in [9.17, 15) is 8.42 Å². The Bertz CT molecular complexity index is 473. The van der Waals surface area contributed by atoms with E-state index in [1.807, 2.05) is 23.9 Å². The van der Waals surface area contributed by atoms with Crippen LogP contribution in [0.15, 0.2) is 8.80 Å². The Morgan fingerprint density at radius 2 is 1.19 bits per heavy atom. The molecule has 0 unspecified atom stereocenters. The third-order valence-corrected chi connectivity index (χ3v) is 4.99. The number of nitrogens with zero attached hydrogens (tertiary/aromatic N) is 4. The van der Waals surface area contributed by atoms with Gasteiger partial charge in [0.2, 0.25) is 0 Å². The van der Waals surface area contributed by atoms with Crippen LogP contribution in [0.4, 0.5) is 0 Å². The molecule has 0 spiro atoms. The molecule has 120 valence electrons. The van der Waals surface area contributed by atoms with Gasteiger partial charge in [0.1, 0.15) is 11.7 Å². The molecule has 0 amide bonds. The molecular formula is C14H26N4O2S. The topological polar surface area (TPSA) is 65.3 Å². The average molecular weight is 314 g/mol. The van der Waals surface area contributed by atoms with Crippen LogP contribution in [0.5, 0.6) is 0 Å². The summed E-state index contributed by atoms with van der Waals surface area (Å²) in [6.07, 6.45) is 7.86. The average Bonchev–Trinajstić information content (AvgIpc) is 2.72. The van der Waals surface area contributed by atoms with E-state index in [1.54, 1.807) is 0 Å². The van der Waals surface area contributed by atoms with E-state index < -0.39 is 10.2 Å². The van der Waals surface area contributed by atoms with Crippen molar-refractivity contribution in [3.05, 3.63) is 0 Å². The van der Waals surface area contributed by atoms with Crippen LogP contribution >= 0.6 is 0 Å². The van der Waals surface area contributed by atoms with Crippen molar-refractivity contribution in [2.75, 3.05) is 27.2 Å². The minimum absolute atomic E-state index is 0.646. The van der Waals surface area contributed by atoms with Gasteiger partial charge in [0.25, 0.3) is 0 Å². The molecule has 0 aromatic heterocycles. The third-order valence-electron chi connectivity index (χ3n) is 4.11. The van der Waals surface area contributed by atoms with Crippen molar-refractivity contribution < 1.29 is 8.42 Å². The third kappa shape index (κ3) is 4.98. The van der Waals surface area contributed by atoms with Gasteiger partial charge in [0.15, 0.2) is 0 Å². The van der Waals surface area contributed by atoms with Crippen LogP contribution in [0.2, 0.25) is 0 Å². The second-order valence-corrected chi connectivity index (χ2v) is 7.19. The molecule has 0 atom stereocenters. The lowest BCUT2D eigenvalue weighted by molar-refractivity contribution is 0.492. The summed E-state index contributed by atoms with van der Waals surface area (Å²) in [4.78, 5) is 3.89. The van der Waals surface area contributed by atoms with E-state index in [4.69, 9.17) is 0 Å². The van der Waals surface area contributed by atoms with E-state index in [0.29, 0.717) is 11.7 Å². The first-order valence-corrected chi connectivity index (χ1v) is 9.22. The zero-order valence-corrected chi connectivity index (χ0v) is 13.9. The second kappa shape index (κ2) is 7.24. The molecule has 2 saturated heterocycles. The highest BCUT2D eigenvalue weighted by Crippen LogP contribution is 2.15. The number of hydrogen-bond donors (Lipinski definition) is 0. The first-order chi connectivity index (χ1) is 9.98. The molecule has 0 aromatic carbocycles. The lowest BCUT2D eigenvalue weighted by atomic mass is 10.2. The maximum Gasteiger partial charge on any atom is 0.366 e. The van der Waals surface area contributed by atoms with E-state index in [0.717, 1.165) is 64.5 Å². The molecule has 2 rings (SSSR count). The SMILES string of the molecule is CN1CCCCCC1=NS(=O)(=O)N=C1CCCCCN1C. The normalized spacial score (nSPS) is 26.0. The van der Waals surface area contributed by atoms with Crippen molar-refractivity contribution >= 4 is 21.9 Å². The Kier molecular flexibility index (Phi) is 5.61. The minimum atomic E-state index is -3.79. The maximum atomic E-state index is 12.3. The Labute approximate surface area is 128 Å². The fraction of sp³-hybridized carbons (Fsp3) is 0.857. The van der Waals surface area contributed by atoms with Crippen molar-refractivity contribution in [2.24, 2.45) is 8.80 Å². The summed E-state index contributed by atoms with van der Waals surface area (Å²) in [6.45, 7) is 1.73. The standard InChI is InChI=1S/C14H26N4O2S/c1-17-11-7-3-5-9-13(17)15-21(19,20)16-14-10-6-4-8-12-18(14)2/h3-12H2,1-2H3. The number of amidine groups is 2. The smallest absolute Gasteiger partial charge is 0.362 e. The van der Waals surface area contributed by atoms with Crippen molar-refractivity contribution in [1.82, 2.24) is 9.80 Å². The molecule has 2 heterocycles. The van der Waals surface area contributed by atoms with Gasteiger partial charge < -0.3 is 9.80 Å². The van der Waals surface area contributed by atoms with Crippen molar-refractivity contribution in [1.29, 1.82) is 0 Å². The Morgan fingerprint density at radius 1 is 0.762 bits per heavy atom. The molecule has 2 aliphatic heterocycles. The minimum Gasteiger partial charge on any atom is -0.362 e.